The predicted molar refractivity (Wildman–Crippen MR) is 100 cm³/mol. The number of anilines is 1. The number of carbonyl (C=O) groups is 1. The molecule has 0 radical (unpaired) electrons. The van der Waals surface area contributed by atoms with Gasteiger partial charge in [0, 0.05) is 16.9 Å². The van der Waals surface area contributed by atoms with Gasteiger partial charge in [0.05, 0.1) is 5.69 Å². The summed E-state index contributed by atoms with van der Waals surface area (Å²) in [4.78, 5) is 18.2. The van der Waals surface area contributed by atoms with Crippen LogP contribution in [0.15, 0.2) is 48.5 Å². The molecule has 0 bridgehead atoms. The maximum absolute atomic E-state index is 12.5. The fourth-order valence-corrected chi connectivity index (χ4v) is 3.78. The van der Waals surface area contributed by atoms with Crippen molar-refractivity contribution in [1.29, 1.82) is 0 Å². The molecule has 25 heavy (non-hydrogen) atoms. The van der Waals surface area contributed by atoms with E-state index < -0.39 is 6.10 Å². The zero-order valence-electron chi connectivity index (χ0n) is 14.1. The van der Waals surface area contributed by atoms with E-state index in [-0.39, 0.29) is 5.91 Å². The summed E-state index contributed by atoms with van der Waals surface area (Å²) in [6.07, 6.45) is 0.0985. The number of para-hydroxylation sites is 1. The summed E-state index contributed by atoms with van der Waals surface area (Å²) in [5, 5.41) is 3.51. The molecule has 3 aromatic rings. The number of nitrogens with zero attached hydrogens (tertiary/aromatic N) is 1. The SMILES string of the molecule is Cc1ccc(-c2nc(NC(=O)C3Cc4ccccc4O3)sc2C)cc1. The van der Waals surface area contributed by atoms with Gasteiger partial charge in [-0.1, -0.05) is 48.0 Å². The van der Waals surface area contributed by atoms with Crippen molar-refractivity contribution in [2.45, 2.75) is 26.4 Å². The van der Waals surface area contributed by atoms with E-state index in [1.54, 1.807) is 0 Å². The number of aryl methyl sites for hydroxylation is 2. The molecule has 0 aliphatic carbocycles. The van der Waals surface area contributed by atoms with E-state index in [1.165, 1.54) is 16.9 Å². The summed E-state index contributed by atoms with van der Waals surface area (Å²) in [5.74, 6) is 0.638. The van der Waals surface area contributed by atoms with Gasteiger partial charge >= 0.3 is 0 Å². The molecule has 1 amide bonds. The molecule has 2 heterocycles. The lowest BCUT2D eigenvalue weighted by Gasteiger charge is -2.09. The Morgan fingerprint density at radius 1 is 1.16 bits per heavy atom. The van der Waals surface area contributed by atoms with Crippen molar-refractivity contribution in [3.63, 3.8) is 0 Å². The van der Waals surface area contributed by atoms with Gasteiger partial charge in [-0.05, 0) is 25.5 Å². The minimum Gasteiger partial charge on any atom is -0.480 e. The summed E-state index contributed by atoms with van der Waals surface area (Å²) in [6.45, 7) is 4.08. The highest BCUT2D eigenvalue weighted by molar-refractivity contribution is 7.16. The summed E-state index contributed by atoms with van der Waals surface area (Å²) < 4.78 is 5.74. The van der Waals surface area contributed by atoms with Gasteiger partial charge in [-0.15, -0.1) is 11.3 Å². The standard InChI is InChI=1S/C20H18N2O2S/c1-12-7-9-14(10-8-12)18-13(2)25-20(21-18)22-19(23)17-11-15-5-3-4-6-16(15)24-17/h3-10,17H,11H2,1-2H3,(H,21,22,23). The van der Waals surface area contributed by atoms with Crippen LogP contribution >= 0.6 is 11.3 Å². The Morgan fingerprint density at radius 3 is 2.68 bits per heavy atom. The molecular weight excluding hydrogens is 332 g/mol. The summed E-state index contributed by atoms with van der Waals surface area (Å²) in [5.41, 5.74) is 4.25. The number of benzene rings is 2. The van der Waals surface area contributed by atoms with Gasteiger partial charge in [-0.2, -0.15) is 0 Å². The van der Waals surface area contributed by atoms with E-state index in [9.17, 15) is 4.79 Å². The fourth-order valence-electron chi connectivity index (χ4n) is 2.94. The highest BCUT2D eigenvalue weighted by Gasteiger charge is 2.29. The molecule has 2 aromatic carbocycles. The molecule has 1 N–H and O–H groups in total. The predicted octanol–water partition coefficient (Wildman–Crippen LogP) is 4.37. The minimum atomic E-state index is -0.496. The minimum absolute atomic E-state index is 0.152. The van der Waals surface area contributed by atoms with Crippen molar-refractivity contribution < 1.29 is 9.53 Å². The van der Waals surface area contributed by atoms with Crippen LogP contribution in [0.3, 0.4) is 0 Å². The monoisotopic (exact) mass is 350 g/mol. The number of rotatable bonds is 3. The van der Waals surface area contributed by atoms with Crippen molar-refractivity contribution in [3.05, 3.63) is 64.5 Å². The molecule has 1 aliphatic rings. The van der Waals surface area contributed by atoms with Crippen LogP contribution in [0.5, 0.6) is 5.75 Å². The van der Waals surface area contributed by atoms with Crippen LogP contribution in [0.25, 0.3) is 11.3 Å². The number of hydrogen-bond acceptors (Lipinski definition) is 4. The number of hydrogen-bond donors (Lipinski definition) is 1. The number of ether oxygens (including phenoxy) is 1. The average Bonchev–Trinajstić information content (AvgIpc) is 3.19. The number of nitrogens with one attached hydrogen (secondary N) is 1. The molecule has 0 spiro atoms. The van der Waals surface area contributed by atoms with E-state index >= 15 is 0 Å². The molecule has 1 unspecified atom stereocenters. The van der Waals surface area contributed by atoms with Crippen molar-refractivity contribution >= 4 is 22.4 Å². The van der Waals surface area contributed by atoms with E-state index in [0.717, 1.165) is 27.4 Å². The highest BCUT2D eigenvalue weighted by atomic mass is 32.1. The maximum atomic E-state index is 12.5. The number of carbonyl (C=O) groups excluding carboxylic acids is 1. The second-order valence-electron chi connectivity index (χ2n) is 6.20. The van der Waals surface area contributed by atoms with Gasteiger partial charge in [0.1, 0.15) is 5.75 Å². The Morgan fingerprint density at radius 2 is 1.92 bits per heavy atom. The maximum Gasteiger partial charge on any atom is 0.267 e. The van der Waals surface area contributed by atoms with Crippen molar-refractivity contribution in [2.75, 3.05) is 5.32 Å². The van der Waals surface area contributed by atoms with Gasteiger partial charge in [0.2, 0.25) is 0 Å². The summed E-state index contributed by atoms with van der Waals surface area (Å²) in [7, 11) is 0. The van der Waals surface area contributed by atoms with E-state index in [2.05, 4.69) is 41.5 Å². The Balaban J connectivity index is 1.49. The quantitative estimate of drug-likeness (QED) is 0.763. The van der Waals surface area contributed by atoms with Crippen molar-refractivity contribution in [3.8, 4) is 17.0 Å². The molecule has 0 fully saturated rings. The average molecular weight is 350 g/mol. The van der Waals surface area contributed by atoms with Crippen molar-refractivity contribution in [1.82, 2.24) is 4.98 Å². The number of thiazole rings is 1. The molecule has 0 saturated carbocycles. The molecule has 1 aromatic heterocycles. The lowest BCUT2D eigenvalue weighted by atomic mass is 10.1. The Kier molecular flexibility index (Phi) is 4.01. The van der Waals surface area contributed by atoms with E-state index in [0.29, 0.717) is 11.6 Å². The third-order valence-electron chi connectivity index (χ3n) is 4.29. The smallest absolute Gasteiger partial charge is 0.267 e. The van der Waals surface area contributed by atoms with Crippen LogP contribution in [-0.2, 0) is 11.2 Å². The zero-order valence-corrected chi connectivity index (χ0v) is 14.9. The van der Waals surface area contributed by atoms with Crippen LogP contribution in [0.4, 0.5) is 5.13 Å². The van der Waals surface area contributed by atoms with Crippen LogP contribution in [0, 0.1) is 13.8 Å². The van der Waals surface area contributed by atoms with Gasteiger partial charge in [-0.25, -0.2) is 4.98 Å². The molecule has 5 heteroatoms. The first-order chi connectivity index (χ1) is 12.1. The van der Waals surface area contributed by atoms with Gasteiger partial charge in [0.15, 0.2) is 11.2 Å². The zero-order chi connectivity index (χ0) is 17.4. The first-order valence-electron chi connectivity index (χ1n) is 8.20. The Labute approximate surface area is 150 Å². The fraction of sp³-hybridized carbons (Fsp3) is 0.200. The second-order valence-corrected chi connectivity index (χ2v) is 7.40. The van der Waals surface area contributed by atoms with Crippen LogP contribution in [-0.4, -0.2) is 17.0 Å². The topological polar surface area (TPSA) is 51.2 Å². The first-order valence-corrected chi connectivity index (χ1v) is 9.02. The van der Waals surface area contributed by atoms with E-state index in [4.69, 9.17) is 4.74 Å². The Bertz CT molecular complexity index is 906. The number of aromatic nitrogens is 1. The van der Waals surface area contributed by atoms with Crippen LogP contribution < -0.4 is 10.1 Å². The normalized spacial score (nSPS) is 15.5. The molecule has 126 valence electrons. The van der Waals surface area contributed by atoms with Gasteiger partial charge in [-0.3, -0.25) is 10.1 Å². The van der Waals surface area contributed by atoms with Crippen LogP contribution in [0.1, 0.15) is 16.0 Å². The highest BCUT2D eigenvalue weighted by Crippen LogP contribution is 2.32. The molecule has 1 atom stereocenters. The largest absolute Gasteiger partial charge is 0.480 e. The number of fused-ring (bicyclic) bond motifs is 1. The van der Waals surface area contributed by atoms with E-state index in [1.807, 2.05) is 31.2 Å². The third kappa shape index (κ3) is 3.15. The van der Waals surface area contributed by atoms with Gasteiger partial charge in [0.25, 0.3) is 5.91 Å². The van der Waals surface area contributed by atoms with Gasteiger partial charge < -0.3 is 4.74 Å². The van der Waals surface area contributed by atoms with Crippen molar-refractivity contribution in [2.24, 2.45) is 0 Å². The second kappa shape index (κ2) is 6.33. The molecule has 4 nitrogen and oxygen atoms in total. The first kappa shape index (κ1) is 15.8. The van der Waals surface area contributed by atoms with Crippen LogP contribution in [0.2, 0.25) is 0 Å². The molecular formula is C20H18N2O2S. The molecule has 4 rings (SSSR count). The molecule has 1 aliphatic heterocycles. The lowest BCUT2D eigenvalue weighted by molar-refractivity contribution is -0.122. The number of amides is 1. The molecule has 0 saturated heterocycles. The third-order valence-corrected chi connectivity index (χ3v) is 5.18. The lowest BCUT2D eigenvalue weighted by Crippen LogP contribution is -2.31. The summed E-state index contributed by atoms with van der Waals surface area (Å²) >= 11 is 1.49. The summed E-state index contributed by atoms with van der Waals surface area (Å²) in [6, 6.07) is 16.0. The Hall–Kier alpha value is -2.66.